The van der Waals surface area contributed by atoms with E-state index in [4.69, 9.17) is 33.0 Å². The minimum Gasteiger partial charge on any atom is -0.476 e. The minimum atomic E-state index is -1.50. The van der Waals surface area contributed by atoms with E-state index in [1.54, 1.807) is 6.07 Å². The predicted molar refractivity (Wildman–Crippen MR) is 72.9 cm³/mol. The summed E-state index contributed by atoms with van der Waals surface area (Å²) in [6.45, 7) is -0.241. The van der Waals surface area contributed by atoms with E-state index in [1.165, 1.54) is 12.1 Å². The number of carboxylic acids is 1. The second-order valence-electron chi connectivity index (χ2n) is 3.81. The van der Waals surface area contributed by atoms with E-state index in [9.17, 15) is 14.9 Å². The number of benzene rings is 1. The van der Waals surface area contributed by atoms with Gasteiger partial charge in [0.2, 0.25) is 5.69 Å². The van der Waals surface area contributed by atoms with E-state index in [-0.39, 0.29) is 17.5 Å². The highest BCUT2D eigenvalue weighted by Crippen LogP contribution is 2.28. The number of nitrogens with zero attached hydrogens (tertiary/aromatic N) is 3. The molecular formula is C11H7Cl2N3O5. The molecule has 1 heterocycles. The molecule has 0 unspecified atom stereocenters. The number of hydrogen-bond acceptors (Lipinski definition) is 5. The van der Waals surface area contributed by atoms with Crippen LogP contribution in [-0.4, -0.2) is 25.8 Å². The first-order chi connectivity index (χ1) is 9.88. The normalized spacial score (nSPS) is 10.4. The molecule has 0 aliphatic rings. The lowest BCUT2D eigenvalue weighted by molar-refractivity contribution is -0.385. The van der Waals surface area contributed by atoms with E-state index in [0.29, 0.717) is 5.02 Å². The number of rotatable bonds is 5. The maximum Gasteiger partial charge on any atom is 0.363 e. The van der Waals surface area contributed by atoms with E-state index < -0.39 is 22.3 Å². The number of nitro groups is 1. The lowest BCUT2D eigenvalue weighted by atomic mass is 10.3. The summed E-state index contributed by atoms with van der Waals surface area (Å²) in [7, 11) is 0. The Morgan fingerprint density at radius 1 is 1.48 bits per heavy atom. The Labute approximate surface area is 127 Å². The Morgan fingerprint density at radius 3 is 2.71 bits per heavy atom. The SMILES string of the molecule is O=C(O)c1nn(COc2ccc(Cl)cc2Cl)cc1[N+](=O)[O-]. The van der Waals surface area contributed by atoms with Gasteiger partial charge in [0.1, 0.15) is 11.9 Å². The zero-order valence-electron chi connectivity index (χ0n) is 10.2. The fraction of sp³-hybridized carbons (Fsp3) is 0.0909. The molecule has 10 heteroatoms. The molecule has 8 nitrogen and oxygen atoms in total. The van der Waals surface area contributed by atoms with E-state index in [0.717, 1.165) is 10.9 Å². The van der Waals surface area contributed by atoms with Crippen molar-refractivity contribution in [3.8, 4) is 5.75 Å². The van der Waals surface area contributed by atoms with Crippen molar-refractivity contribution in [2.75, 3.05) is 0 Å². The molecule has 21 heavy (non-hydrogen) atoms. The van der Waals surface area contributed by atoms with Crippen LogP contribution in [0.25, 0.3) is 0 Å². The Balaban J connectivity index is 2.18. The quantitative estimate of drug-likeness (QED) is 0.666. The molecule has 2 rings (SSSR count). The molecule has 0 aliphatic carbocycles. The fourth-order valence-electron chi connectivity index (χ4n) is 1.49. The number of hydrogen-bond donors (Lipinski definition) is 1. The molecule has 2 aromatic rings. The summed E-state index contributed by atoms with van der Waals surface area (Å²) in [5.41, 5.74) is -1.28. The number of carbonyl (C=O) groups is 1. The van der Waals surface area contributed by atoms with Crippen molar-refractivity contribution in [2.24, 2.45) is 0 Å². The van der Waals surface area contributed by atoms with Gasteiger partial charge in [-0.05, 0) is 18.2 Å². The molecule has 0 spiro atoms. The molecule has 1 aromatic heterocycles. The summed E-state index contributed by atoms with van der Waals surface area (Å²) in [4.78, 5) is 20.7. The van der Waals surface area contributed by atoms with Crippen LogP contribution in [0.15, 0.2) is 24.4 Å². The number of halogens is 2. The molecule has 1 aromatic carbocycles. The van der Waals surface area contributed by atoms with Crippen LogP contribution in [0, 0.1) is 10.1 Å². The van der Waals surface area contributed by atoms with Gasteiger partial charge < -0.3 is 9.84 Å². The second kappa shape index (κ2) is 5.98. The first-order valence-corrected chi connectivity index (χ1v) is 6.17. The summed E-state index contributed by atoms with van der Waals surface area (Å²) in [5.74, 6) is -1.21. The van der Waals surface area contributed by atoms with Crippen molar-refractivity contribution in [1.29, 1.82) is 0 Å². The molecule has 0 atom stereocenters. The van der Waals surface area contributed by atoms with Gasteiger partial charge in [-0.1, -0.05) is 23.2 Å². The topological polar surface area (TPSA) is 107 Å². The molecule has 0 saturated heterocycles. The fourth-order valence-corrected chi connectivity index (χ4v) is 1.95. The molecule has 0 aliphatic heterocycles. The molecule has 0 bridgehead atoms. The number of aromatic carboxylic acids is 1. The van der Waals surface area contributed by atoms with Crippen LogP contribution in [0.1, 0.15) is 10.5 Å². The standard InChI is InChI=1S/C11H7Cl2N3O5/c12-6-1-2-9(7(13)3-6)21-5-15-4-8(16(19)20)10(14-15)11(17)18/h1-4H,5H2,(H,17,18). The van der Waals surface area contributed by atoms with Gasteiger partial charge in [-0.2, -0.15) is 5.10 Å². The monoisotopic (exact) mass is 331 g/mol. The average molecular weight is 332 g/mol. The Bertz CT molecular complexity index is 684. The van der Waals surface area contributed by atoms with Crippen LogP contribution in [0.3, 0.4) is 0 Å². The van der Waals surface area contributed by atoms with Crippen molar-refractivity contribution in [1.82, 2.24) is 9.78 Å². The van der Waals surface area contributed by atoms with Crippen molar-refractivity contribution in [3.05, 3.63) is 50.2 Å². The first kappa shape index (κ1) is 15.1. The van der Waals surface area contributed by atoms with Crippen LogP contribution in [0.2, 0.25) is 10.0 Å². The van der Waals surface area contributed by atoms with Gasteiger partial charge in [0.25, 0.3) is 0 Å². The molecule has 0 amide bonds. The van der Waals surface area contributed by atoms with E-state index in [1.807, 2.05) is 0 Å². The third-order valence-electron chi connectivity index (χ3n) is 2.39. The average Bonchev–Trinajstić information content (AvgIpc) is 2.82. The van der Waals surface area contributed by atoms with Crippen LogP contribution in [-0.2, 0) is 6.73 Å². The molecule has 1 N–H and O–H groups in total. The van der Waals surface area contributed by atoms with Crippen LogP contribution >= 0.6 is 23.2 Å². The summed E-state index contributed by atoms with van der Waals surface area (Å²) >= 11 is 11.6. The molecule has 0 saturated carbocycles. The van der Waals surface area contributed by atoms with Gasteiger partial charge in [-0.3, -0.25) is 10.1 Å². The maximum atomic E-state index is 10.8. The summed E-state index contributed by atoms with van der Waals surface area (Å²) < 4.78 is 6.29. The van der Waals surface area contributed by atoms with Gasteiger partial charge in [-0.25, -0.2) is 9.48 Å². The number of aromatic nitrogens is 2. The van der Waals surface area contributed by atoms with Crippen molar-refractivity contribution in [3.63, 3.8) is 0 Å². The Morgan fingerprint density at radius 2 is 2.19 bits per heavy atom. The van der Waals surface area contributed by atoms with Gasteiger partial charge in [0.05, 0.1) is 9.95 Å². The minimum absolute atomic E-state index is 0.241. The van der Waals surface area contributed by atoms with Crippen molar-refractivity contribution >= 4 is 34.9 Å². The first-order valence-electron chi connectivity index (χ1n) is 5.41. The van der Waals surface area contributed by atoms with E-state index >= 15 is 0 Å². The van der Waals surface area contributed by atoms with Crippen molar-refractivity contribution < 1.29 is 19.6 Å². The lowest BCUT2D eigenvalue weighted by Gasteiger charge is -2.07. The zero-order valence-corrected chi connectivity index (χ0v) is 11.7. The van der Waals surface area contributed by atoms with Crippen molar-refractivity contribution in [2.45, 2.75) is 6.73 Å². The van der Waals surface area contributed by atoms with E-state index in [2.05, 4.69) is 5.10 Å². The third kappa shape index (κ3) is 3.41. The highest BCUT2D eigenvalue weighted by atomic mass is 35.5. The van der Waals surface area contributed by atoms with Gasteiger partial charge in [0, 0.05) is 5.02 Å². The van der Waals surface area contributed by atoms with Gasteiger partial charge in [0.15, 0.2) is 6.73 Å². The lowest BCUT2D eigenvalue weighted by Crippen LogP contribution is -2.08. The maximum absolute atomic E-state index is 10.8. The highest BCUT2D eigenvalue weighted by molar-refractivity contribution is 6.35. The summed E-state index contributed by atoms with van der Waals surface area (Å²) in [6.07, 6.45) is 0.966. The smallest absolute Gasteiger partial charge is 0.363 e. The molecule has 0 fully saturated rings. The van der Waals surface area contributed by atoms with Crippen LogP contribution in [0.4, 0.5) is 5.69 Å². The van der Waals surface area contributed by atoms with Crippen LogP contribution in [0.5, 0.6) is 5.75 Å². The largest absolute Gasteiger partial charge is 0.476 e. The Kier molecular flexibility index (Phi) is 4.29. The summed E-state index contributed by atoms with van der Waals surface area (Å²) in [5, 5.41) is 23.8. The number of carboxylic acid groups (broad SMARTS) is 1. The second-order valence-corrected chi connectivity index (χ2v) is 4.66. The molecule has 110 valence electrons. The molecule has 0 radical (unpaired) electrons. The summed E-state index contributed by atoms with van der Waals surface area (Å²) in [6, 6.07) is 4.53. The highest BCUT2D eigenvalue weighted by Gasteiger charge is 2.25. The number of ether oxygens (including phenoxy) is 1. The molecular weight excluding hydrogens is 325 g/mol. The van der Waals surface area contributed by atoms with Gasteiger partial charge >= 0.3 is 11.7 Å². The third-order valence-corrected chi connectivity index (χ3v) is 2.92. The van der Waals surface area contributed by atoms with Gasteiger partial charge in [-0.15, -0.1) is 0 Å². The zero-order chi connectivity index (χ0) is 15.6. The van der Waals surface area contributed by atoms with Crippen LogP contribution < -0.4 is 4.74 Å². The predicted octanol–water partition coefficient (Wildman–Crippen LogP) is 2.83. The Hall–Kier alpha value is -2.32.